The lowest BCUT2D eigenvalue weighted by Crippen LogP contribution is -2.15. The van der Waals surface area contributed by atoms with Crippen LogP contribution in [0.15, 0.2) is 53.1 Å². The molecule has 0 atom stereocenters. The molecule has 2 aromatic carbocycles. The lowest BCUT2D eigenvalue weighted by Gasteiger charge is -2.09. The first-order valence-electron chi connectivity index (χ1n) is 6.74. The molecule has 1 aromatic heterocycles. The van der Waals surface area contributed by atoms with Gasteiger partial charge in [0.1, 0.15) is 0 Å². The second-order valence-corrected chi connectivity index (χ2v) is 5.84. The van der Waals surface area contributed by atoms with E-state index in [1.165, 1.54) is 18.3 Å². The molecule has 0 fully saturated rings. The Labute approximate surface area is 142 Å². The van der Waals surface area contributed by atoms with Gasteiger partial charge in [-0.3, -0.25) is 9.78 Å². The number of aromatic nitrogens is 2. The average molecular weight is 396 g/mol. The highest BCUT2D eigenvalue weighted by atomic mass is 79.9. The first-order chi connectivity index (χ1) is 11.3. The zero-order chi connectivity index (χ0) is 17.3. The molecule has 1 N–H and O–H groups in total. The third-order valence-corrected chi connectivity index (χ3v) is 3.69. The third kappa shape index (κ3) is 3.53. The summed E-state index contributed by atoms with van der Waals surface area (Å²) in [6.07, 6.45) is -3.16. The van der Waals surface area contributed by atoms with E-state index in [1.54, 1.807) is 18.2 Å². The molecule has 0 aliphatic rings. The summed E-state index contributed by atoms with van der Waals surface area (Å²) >= 11 is 3.31. The van der Waals surface area contributed by atoms with Gasteiger partial charge in [0.2, 0.25) is 0 Å². The number of carbonyl (C=O) groups excluding carboxylic acids is 1. The maximum Gasteiger partial charge on any atom is 0.416 e. The number of hydrogen-bond donors (Lipinski definition) is 1. The largest absolute Gasteiger partial charge is 0.416 e. The number of nitrogens with one attached hydrogen (secondary N) is 1. The van der Waals surface area contributed by atoms with Crippen molar-refractivity contribution in [3.8, 4) is 0 Å². The van der Waals surface area contributed by atoms with Crippen molar-refractivity contribution in [2.75, 3.05) is 5.32 Å². The van der Waals surface area contributed by atoms with Crippen LogP contribution in [0.25, 0.3) is 11.0 Å². The molecule has 3 aromatic rings. The van der Waals surface area contributed by atoms with Crippen LogP contribution in [0.1, 0.15) is 15.9 Å². The van der Waals surface area contributed by atoms with Gasteiger partial charge < -0.3 is 5.32 Å². The van der Waals surface area contributed by atoms with Gasteiger partial charge in [-0.15, -0.1) is 0 Å². The topological polar surface area (TPSA) is 54.9 Å². The predicted octanol–water partition coefficient (Wildman–Crippen LogP) is 4.66. The van der Waals surface area contributed by atoms with Crippen molar-refractivity contribution in [1.29, 1.82) is 0 Å². The minimum absolute atomic E-state index is 0.110. The zero-order valence-electron chi connectivity index (χ0n) is 11.9. The van der Waals surface area contributed by atoms with Crippen molar-refractivity contribution >= 4 is 38.7 Å². The Morgan fingerprint density at radius 1 is 1.08 bits per heavy atom. The Balaban J connectivity index is 1.87. The Kier molecular flexibility index (Phi) is 4.23. The zero-order valence-corrected chi connectivity index (χ0v) is 13.5. The lowest BCUT2D eigenvalue weighted by molar-refractivity contribution is -0.137. The van der Waals surface area contributed by atoms with E-state index >= 15 is 0 Å². The maximum atomic E-state index is 12.7. The predicted molar refractivity (Wildman–Crippen MR) is 86.6 cm³/mol. The minimum Gasteiger partial charge on any atom is -0.305 e. The molecule has 0 spiro atoms. The standard InChI is InChI=1S/C16H9BrF3N3O/c17-11-4-5-12-13(7-11)22-14(8-21-12)23-15(24)9-2-1-3-10(6-9)16(18,19)20/h1-8H,(H,22,23,24). The number of rotatable bonds is 2. The summed E-state index contributed by atoms with van der Waals surface area (Å²) in [7, 11) is 0. The van der Waals surface area contributed by atoms with Crippen molar-refractivity contribution in [2.45, 2.75) is 6.18 Å². The van der Waals surface area contributed by atoms with Crippen molar-refractivity contribution < 1.29 is 18.0 Å². The van der Waals surface area contributed by atoms with E-state index in [-0.39, 0.29) is 11.4 Å². The fourth-order valence-electron chi connectivity index (χ4n) is 2.07. The Hall–Kier alpha value is -2.48. The molecule has 0 bridgehead atoms. The molecule has 8 heteroatoms. The van der Waals surface area contributed by atoms with Crippen LogP contribution in [0.2, 0.25) is 0 Å². The van der Waals surface area contributed by atoms with E-state index in [1.807, 2.05) is 0 Å². The molecule has 4 nitrogen and oxygen atoms in total. The number of benzene rings is 2. The molecular weight excluding hydrogens is 387 g/mol. The van der Waals surface area contributed by atoms with Gasteiger partial charge in [-0.2, -0.15) is 13.2 Å². The molecule has 24 heavy (non-hydrogen) atoms. The van der Waals surface area contributed by atoms with Gasteiger partial charge in [-0.1, -0.05) is 22.0 Å². The van der Waals surface area contributed by atoms with Crippen LogP contribution in [0.4, 0.5) is 19.0 Å². The summed E-state index contributed by atoms with van der Waals surface area (Å²) in [5.74, 6) is -0.534. The smallest absolute Gasteiger partial charge is 0.305 e. The summed E-state index contributed by atoms with van der Waals surface area (Å²) in [5.41, 5.74) is 0.186. The number of nitrogens with zero attached hydrogens (tertiary/aromatic N) is 2. The van der Waals surface area contributed by atoms with Gasteiger partial charge >= 0.3 is 6.18 Å². The molecule has 0 unspecified atom stereocenters. The number of halogens is 4. The minimum atomic E-state index is -4.51. The highest BCUT2D eigenvalue weighted by Crippen LogP contribution is 2.29. The molecule has 1 heterocycles. The van der Waals surface area contributed by atoms with Gasteiger partial charge in [0, 0.05) is 10.0 Å². The summed E-state index contributed by atoms with van der Waals surface area (Å²) in [6, 6.07) is 9.46. The van der Waals surface area contributed by atoms with Crippen LogP contribution in [0.5, 0.6) is 0 Å². The molecule has 1 amide bonds. The molecule has 122 valence electrons. The molecule has 0 radical (unpaired) electrons. The second-order valence-electron chi connectivity index (χ2n) is 4.92. The van der Waals surface area contributed by atoms with Crippen LogP contribution >= 0.6 is 15.9 Å². The molecular formula is C16H9BrF3N3O. The second kappa shape index (κ2) is 6.20. The summed E-state index contributed by atoms with van der Waals surface area (Å²) in [5, 5.41) is 2.45. The number of alkyl halides is 3. The number of fused-ring (bicyclic) bond motifs is 1. The highest BCUT2D eigenvalue weighted by Gasteiger charge is 2.30. The first kappa shape index (κ1) is 16.4. The SMILES string of the molecule is O=C(Nc1cnc2ccc(Br)cc2n1)c1cccc(C(F)(F)F)c1. The quantitative estimate of drug-likeness (QED) is 0.686. The van der Waals surface area contributed by atoms with E-state index in [4.69, 9.17) is 0 Å². The van der Waals surface area contributed by atoms with E-state index in [9.17, 15) is 18.0 Å². The maximum absolute atomic E-state index is 12.7. The number of amides is 1. The van der Waals surface area contributed by atoms with Gasteiger partial charge in [0.15, 0.2) is 5.82 Å². The van der Waals surface area contributed by atoms with Crippen LogP contribution in [0.3, 0.4) is 0 Å². The fraction of sp³-hybridized carbons (Fsp3) is 0.0625. The van der Waals surface area contributed by atoms with Crippen molar-refractivity contribution in [3.05, 3.63) is 64.3 Å². The summed E-state index contributed by atoms with van der Waals surface area (Å²) < 4.78 is 38.9. The van der Waals surface area contributed by atoms with Crippen LogP contribution in [-0.2, 0) is 6.18 Å². The summed E-state index contributed by atoms with van der Waals surface area (Å²) in [4.78, 5) is 20.5. The highest BCUT2D eigenvalue weighted by molar-refractivity contribution is 9.10. The third-order valence-electron chi connectivity index (χ3n) is 3.20. The van der Waals surface area contributed by atoms with Crippen molar-refractivity contribution in [3.63, 3.8) is 0 Å². The number of carbonyl (C=O) groups is 1. The van der Waals surface area contributed by atoms with E-state index < -0.39 is 17.6 Å². The van der Waals surface area contributed by atoms with Gasteiger partial charge in [-0.05, 0) is 36.4 Å². The number of anilines is 1. The molecule has 0 saturated carbocycles. The van der Waals surface area contributed by atoms with Crippen molar-refractivity contribution in [2.24, 2.45) is 0 Å². The average Bonchev–Trinajstić information content (AvgIpc) is 2.54. The lowest BCUT2D eigenvalue weighted by atomic mass is 10.1. The summed E-state index contributed by atoms with van der Waals surface area (Å²) in [6.45, 7) is 0. The van der Waals surface area contributed by atoms with Gasteiger partial charge in [0.05, 0.1) is 22.8 Å². The van der Waals surface area contributed by atoms with Gasteiger partial charge in [0.25, 0.3) is 5.91 Å². The van der Waals surface area contributed by atoms with Crippen LogP contribution < -0.4 is 5.32 Å². The fourth-order valence-corrected chi connectivity index (χ4v) is 2.42. The van der Waals surface area contributed by atoms with Crippen LogP contribution in [0, 0.1) is 0 Å². The Bertz CT molecular complexity index is 928. The van der Waals surface area contributed by atoms with E-state index in [0.717, 1.165) is 16.6 Å². The molecule has 3 rings (SSSR count). The Morgan fingerprint density at radius 3 is 2.62 bits per heavy atom. The normalized spacial score (nSPS) is 11.5. The monoisotopic (exact) mass is 395 g/mol. The van der Waals surface area contributed by atoms with Crippen LogP contribution in [-0.4, -0.2) is 15.9 Å². The molecule has 0 saturated heterocycles. The molecule has 0 aliphatic carbocycles. The van der Waals surface area contributed by atoms with E-state index in [2.05, 4.69) is 31.2 Å². The van der Waals surface area contributed by atoms with Crippen molar-refractivity contribution in [1.82, 2.24) is 9.97 Å². The Morgan fingerprint density at radius 2 is 1.88 bits per heavy atom. The molecule has 0 aliphatic heterocycles. The first-order valence-corrected chi connectivity index (χ1v) is 7.53. The van der Waals surface area contributed by atoms with Gasteiger partial charge in [-0.25, -0.2) is 4.98 Å². The van der Waals surface area contributed by atoms with E-state index in [0.29, 0.717) is 11.0 Å². The number of hydrogen-bond acceptors (Lipinski definition) is 3.